The Morgan fingerprint density at radius 3 is 2.74 bits per heavy atom. The van der Waals surface area contributed by atoms with E-state index in [9.17, 15) is 9.18 Å². The Morgan fingerprint density at radius 1 is 1.06 bits per heavy atom. The largest absolute Gasteiger partial charge is 0.475 e. The minimum atomic E-state index is -0.867. The van der Waals surface area contributed by atoms with Crippen molar-refractivity contribution in [1.82, 2.24) is 24.8 Å². The summed E-state index contributed by atoms with van der Waals surface area (Å²) in [4.78, 5) is 35.4. The summed E-state index contributed by atoms with van der Waals surface area (Å²) in [6, 6.07) is 12.1. The number of ether oxygens (including phenoxy) is 5. The Morgan fingerprint density at radius 2 is 1.93 bits per heavy atom. The van der Waals surface area contributed by atoms with E-state index in [0.717, 1.165) is 55.0 Å². The maximum absolute atomic E-state index is 14.7. The van der Waals surface area contributed by atoms with Gasteiger partial charge in [-0.3, -0.25) is 9.80 Å². The van der Waals surface area contributed by atoms with Crippen LogP contribution in [0.3, 0.4) is 0 Å². The van der Waals surface area contributed by atoms with Crippen LogP contribution in [0.5, 0.6) is 17.6 Å². The highest BCUT2D eigenvalue weighted by atomic mass is 19.1. The summed E-state index contributed by atoms with van der Waals surface area (Å²) in [5.74, 6) is 1.77. The van der Waals surface area contributed by atoms with E-state index in [1.807, 2.05) is 43.9 Å². The van der Waals surface area contributed by atoms with Crippen LogP contribution in [0.4, 0.5) is 15.0 Å². The quantitative estimate of drug-likeness (QED) is 0.180. The van der Waals surface area contributed by atoms with Crippen LogP contribution in [0.25, 0.3) is 32.9 Å². The normalized spacial score (nSPS) is 26.1. The van der Waals surface area contributed by atoms with Crippen molar-refractivity contribution in [1.29, 1.82) is 0 Å². The van der Waals surface area contributed by atoms with Gasteiger partial charge in [0.05, 0.1) is 34.9 Å². The number of aryl methyl sites for hydroxylation is 1. The zero-order valence-electron chi connectivity index (χ0n) is 31.8. The number of piperazine rings is 1. The average Bonchev–Trinajstić information content (AvgIpc) is 3.75. The lowest BCUT2D eigenvalue weighted by Gasteiger charge is -2.46. The lowest BCUT2D eigenvalue weighted by Crippen LogP contribution is -2.63. The van der Waals surface area contributed by atoms with Crippen LogP contribution in [0, 0.1) is 0 Å². The van der Waals surface area contributed by atoms with E-state index >= 15 is 0 Å². The molecular formula is C41H49FN6O6. The Hall–Kier alpha value is -4.49. The maximum atomic E-state index is 14.7. The van der Waals surface area contributed by atoms with Gasteiger partial charge in [-0.25, -0.2) is 14.2 Å². The van der Waals surface area contributed by atoms with E-state index in [1.165, 1.54) is 5.56 Å². The Bertz CT molecular complexity index is 2110. The second-order valence-corrected chi connectivity index (χ2v) is 16.5. The predicted molar refractivity (Wildman–Crippen MR) is 202 cm³/mol. The average molecular weight is 741 g/mol. The number of anilines is 1. The minimum absolute atomic E-state index is 0.0520. The van der Waals surface area contributed by atoms with Gasteiger partial charge >= 0.3 is 12.1 Å². The number of alkyl halides is 1. The number of carbonyl (C=O) groups excluding carboxylic acids is 1. The third-order valence-corrected chi connectivity index (χ3v) is 11.9. The highest BCUT2D eigenvalue weighted by molar-refractivity contribution is 6.03. The van der Waals surface area contributed by atoms with E-state index in [-0.39, 0.29) is 42.6 Å². The van der Waals surface area contributed by atoms with Crippen LogP contribution >= 0.6 is 0 Å². The number of halogens is 1. The summed E-state index contributed by atoms with van der Waals surface area (Å²) in [6.45, 7) is 10.4. The number of pyridine rings is 1. The van der Waals surface area contributed by atoms with E-state index in [1.54, 1.807) is 7.11 Å². The van der Waals surface area contributed by atoms with Gasteiger partial charge in [-0.05, 0) is 94.0 Å². The monoisotopic (exact) mass is 740 g/mol. The van der Waals surface area contributed by atoms with Gasteiger partial charge in [-0.15, -0.1) is 0 Å². The molecule has 0 radical (unpaired) electrons. The van der Waals surface area contributed by atoms with Gasteiger partial charge in [-0.1, -0.05) is 25.1 Å². The first-order chi connectivity index (χ1) is 26.0. The second-order valence-electron chi connectivity index (χ2n) is 16.5. The van der Waals surface area contributed by atoms with Gasteiger partial charge in [0.15, 0.2) is 6.79 Å². The molecule has 54 heavy (non-hydrogen) atoms. The van der Waals surface area contributed by atoms with E-state index in [4.69, 9.17) is 38.6 Å². The van der Waals surface area contributed by atoms with Crippen molar-refractivity contribution in [2.45, 2.75) is 102 Å². The van der Waals surface area contributed by atoms with E-state index in [0.29, 0.717) is 66.8 Å². The molecule has 5 aliphatic heterocycles. The number of benzene rings is 2. The molecule has 9 rings (SSSR count). The molecule has 4 saturated heterocycles. The first-order valence-corrected chi connectivity index (χ1v) is 19.4. The summed E-state index contributed by atoms with van der Waals surface area (Å²) in [5.41, 5.74) is 2.41. The number of hydrogen-bond acceptors (Lipinski definition) is 11. The minimum Gasteiger partial charge on any atom is -0.475 e. The molecule has 13 heteroatoms. The van der Waals surface area contributed by atoms with Crippen LogP contribution in [-0.2, 0) is 15.9 Å². The summed E-state index contributed by atoms with van der Waals surface area (Å²) in [7, 11) is 1.60. The molecule has 0 spiro atoms. The summed E-state index contributed by atoms with van der Waals surface area (Å²) in [5, 5.41) is 2.81. The second kappa shape index (κ2) is 13.4. The Labute approximate surface area is 314 Å². The Balaban J connectivity index is 1.17. The lowest BCUT2D eigenvalue weighted by atomic mass is 9.95. The summed E-state index contributed by atoms with van der Waals surface area (Å²) < 4.78 is 45.1. The first kappa shape index (κ1) is 35.2. The van der Waals surface area contributed by atoms with Gasteiger partial charge in [0.1, 0.15) is 41.9 Å². The number of amides is 1. The molecule has 286 valence electrons. The zero-order valence-corrected chi connectivity index (χ0v) is 31.8. The fraction of sp³-hybridized carbons (Fsp3) is 0.561. The SMILES string of the molecule is CCc1cccc2cc(OCOC)cc(-c3cc4nc(OC[C@@]56CCCN5C[C@@H](F)C6)nc5c4c(n3)OC[C@@H]3[C@@H]4CC[C@H](CN53)N4C(=O)OC(C)(C)C)c12. The molecule has 1 amide bonds. The molecular weight excluding hydrogens is 691 g/mol. The van der Waals surface area contributed by atoms with Crippen LogP contribution in [0.15, 0.2) is 36.4 Å². The standard InChI is InChI=1S/C41H49FN6O6/c1-6-24-9-7-10-25-15-28(53-23-50-5)16-29(34(24)25)30-17-31-35-36(45-38(44-31)52-22-41-13-8-14-46(41)19-26(42)18-41)47-20-27-11-12-32(33(47)21-51-37(35)43-30)48(27)39(49)54-40(2,3)4/h7,9-10,15-17,26-27,32-33H,6,8,11-14,18-23H2,1-5H3/t26-,27+,32-,33+,41-/m0/s1. The molecule has 0 N–H and O–H groups in total. The van der Waals surface area contributed by atoms with Gasteiger partial charge in [-0.2, -0.15) is 9.97 Å². The highest BCUT2D eigenvalue weighted by Crippen LogP contribution is 2.46. The molecule has 0 unspecified atom stereocenters. The zero-order chi connectivity index (χ0) is 37.4. The van der Waals surface area contributed by atoms with Crippen molar-refractivity contribution in [2.75, 3.05) is 51.7 Å². The van der Waals surface area contributed by atoms with Crippen LogP contribution in [0.2, 0.25) is 0 Å². The molecule has 12 nitrogen and oxygen atoms in total. The Kier molecular flexibility index (Phi) is 8.72. The lowest BCUT2D eigenvalue weighted by molar-refractivity contribution is 0.00537. The molecule has 5 atom stereocenters. The summed E-state index contributed by atoms with van der Waals surface area (Å²) >= 11 is 0. The van der Waals surface area contributed by atoms with E-state index < -0.39 is 11.8 Å². The highest BCUT2D eigenvalue weighted by Gasteiger charge is 2.52. The fourth-order valence-corrected chi connectivity index (χ4v) is 9.68. The molecule has 4 fully saturated rings. The van der Waals surface area contributed by atoms with Crippen molar-refractivity contribution in [3.05, 3.63) is 42.0 Å². The van der Waals surface area contributed by atoms with Crippen LogP contribution < -0.4 is 19.1 Å². The van der Waals surface area contributed by atoms with Gasteiger partial charge in [0.2, 0.25) is 5.88 Å². The van der Waals surface area contributed by atoms with Crippen molar-refractivity contribution in [2.24, 2.45) is 0 Å². The maximum Gasteiger partial charge on any atom is 0.410 e. The third kappa shape index (κ3) is 6.03. The molecule has 2 bridgehead atoms. The number of nitrogens with zero attached hydrogens (tertiary/aromatic N) is 6. The number of hydrogen-bond donors (Lipinski definition) is 0. The number of aromatic nitrogens is 3. The van der Waals surface area contributed by atoms with Crippen molar-refractivity contribution < 1.29 is 32.9 Å². The molecule has 7 heterocycles. The number of carbonyl (C=O) groups is 1. The molecule has 2 aromatic heterocycles. The molecule has 4 aromatic rings. The van der Waals surface area contributed by atoms with Gasteiger partial charge < -0.3 is 28.6 Å². The topological polar surface area (TPSA) is 112 Å². The smallest absolute Gasteiger partial charge is 0.410 e. The van der Waals surface area contributed by atoms with Crippen molar-refractivity contribution in [3.63, 3.8) is 0 Å². The van der Waals surface area contributed by atoms with Crippen molar-refractivity contribution in [3.8, 4) is 28.9 Å². The number of rotatable bonds is 8. The number of methoxy groups -OCH3 is 1. The van der Waals surface area contributed by atoms with Gasteiger partial charge in [0.25, 0.3) is 0 Å². The number of fused-ring (bicyclic) bond motifs is 7. The molecule has 5 aliphatic rings. The third-order valence-electron chi connectivity index (χ3n) is 11.9. The molecule has 2 aromatic carbocycles. The summed E-state index contributed by atoms with van der Waals surface area (Å²) in [6.07, 6.45) is 3.69. The van der Waals surface area contributed by atoms with Crippen LogP contribution in [-0.4, -0.2) is 113 Å². The fourth-order valence-electron chi connectivity index (χ4n) is 9.68. The molecule has 0 saturated carbocycles. The predicted octanol–water partition coefficient (Wildman–Crippen LogP) is 6.69. The van der Waals surface area contributed by atoms with Gasteiger partial charge in [0, 0.05) is 32.2 Å². The first-order valence-electron chi connectivity index (χ1n) is 19.4. The van der Waals surface area contributed by atoms with Crippen LogP contribution in [0.1, 0.15) is 65.4 Å². The molecule has 0 aliphatic carbocycles. The van der Waals surface area contributed by atoms with Crippen molar-refractivity contribution >= 4 is 33.6 Å². The van der Waals surface area contributed by atoms with E-state index in [2.05, 4.69) is 34.9 Å².